The van der Waals surface area contributed by atoms with Crippen molar-refractivity contribution in [1.29, 1.82) is 0 Å². The highest BCUT2D eigenvalue weighted by Gasteiger charge is 2.26. The van der Waals surface area contributed by atoms with Crippen LogP contribution in [0, 0.1) is 4.77 Å². The van der Waals surface area contributed by atoms with Crippen LogP contribution in [0.15, 0.2) is 11.0 Å². The van der Waals surface area contributed by atoms with Gasteiger partial charge in [0.25, 0.3) is 5.56 Å². The number of rotatable bonds is 6. The van der Waals surface area contributed by atoms with Crippen LogP contribution >= 0.6 is 12.2 Å². The number of ether oxygens (including phenoxy) is 1. The molecule has 0 amide bonds. The van der Waals surface area contributed by atoms with Gasteiger partial charge in [-0.2, -0.15) is 0 Å². The molecule has 4 N–H and O–H groups in total. The normalized spacial score (nSPS) is 21.6. The van der Waals surface area contributed by atoms with Gasteiger partial charge in [-0.05, 0) is 25.1 Å². The van der Waals surface area contributed by atoms with E-state index in [1.165, 1.54) is 0 Å². The molecule has 21 heavy (non-hydrogen) atoms. The van der Waals surface area contributed by atoms with Gasteiger partial charge in [-0.3, -0.25) is 19.1 Å². The maximum atomic E-state index is 11.8. The Kier molecular flexibility index (Phi) is 5.23. The first-order valence-corrected chi connectivity index (χ1v) is 6.95. The first kappa shape index (κ1) is 15.8. The number of carboxylic acid groups (broad SMARTS) is 1. The van der Waals surface area contributed by atoms with Crippen LogP contribution in [0.25, 0.3) is 0 Å². The Morgan fingerprint density at radius 2 is 2.33 bits per heavy atom. The minimum Gasteiger partial charge on any atom is -0.480 e. The van der Waals surface area contributed by atoms with Crippen LogP contribution in [0.4, 0.5) is 0 Å². The quantitative estimate of drug-likeness (QED) is 0.535. The van der Waals surface area contributed by atoms with E-state index in [0.717, 1.165) is 0 Å². The summed E-state index contributed by atoms with van der Waals surface area (Å²) < 4.78 is 7.50. The summed E-state index contributed by atoms with van der Waals surface area (Å²) in [6, 6.07) is 0. The number of aliphatic carboxylic acids is 1. The summed E-state index contributed by atoms with van der Waals surface area (Å²) in [7, 11) is 0. The minimum absolute atomic E-state index is 0.0554. The van der Waals surface area contributed by atoms with Crippen molar-refractivity contribution in [2.75, 3.05) is 13.2 Å². The van der Waals surface area contributed by atoms with Crippen LogP contribution in [0.1, 0.15) is 24.6 Å². The fourth-order valence-corrected chi connectivity index (χ4v) is 2.46. The van der Waals surface area contributed by atoms with Crippen molar-refractivity contribution in [3.05, 3.63) is 26.9 Å². The maximum Gasteiger partial charge on any atom is 0.317 e. The van der Waals surface area contributed by atoms with Crippen LogP contribution in [0.3, 0.4) is 0 Å². The lowest BCUT2D eigenvalue weighted by molar-refractivity contribution is -0.136. The number of carboxylic acids is 1. The monoisotopic (exact) mass is 315 g/mol. The second-order valence-corrected chi connectivity index (χ2v) is 5.18. The Morgan fingerprint density at radius 3 is 2.95 bits per heavy atom. The molecule has 0 aliphatic carbocycles. The first-order chi connectivity index (χ1) is 10.0. The van der Waals surface area contributed by atoms with Crippen molar-refractivity contribution in [2.45, 2.75) is 31.7 Å². The molecule has 1 aromatic heterocycles. The Bertz CT molecular complexity index is 626. The van der Waals surface area contributed by atoms with Gasteiger partial charge in [0.1, 0.15) is 6.23 Å². The Morgan fingerprint density at radius 1 is 1.57 bits per heavy atom. The zero-order chi connectivity index (χ0) is 15.4. The average Bonchev–Trinajstić information content (AvgIpc) is 2.89. The number of nitrogens with zero attached hydrogens (tertiary/aromatic N) is 1. The van der Waals surface area contributed by atoms with Gasteiger partial charge in [-0.15, -0.1) is 0 Å². The molecule has 2 heterocycles. The highest BCUT2D eigenvalue weighted by Crippen LogP contribution is 2.27. The largest absolute Gasteiger partial charge is 0.480 e. The molecule has 1 fully saturated rings. The van der Waals surface area contributed by atoms with Crippen LogP contribution in [-0.2, 0) is 16.1 Å². The number of hydrogen-bond donors (Lipinski definition) is 4. The lowest BCUT2D eigenvalue weighted by Gasteiger charge is -2.17. The number of aromatic nitrogens is 2. The predicted molar refractivity (Wildman–Crippen MR) is 75.5 cm³/mol. The number of aromatic amines is 1. The summed E-state index contributed by atoms with van der Waals surface area (Å²) in [5.41, 5.74) is 0.0201. The molecule has 2 rings (SSSR count). The van der Waals surface area contributed by atoms with Gasteiger partial charge in [0, 0.05) is 18.3 Å². The van der Waals surface area contributed by atoms with Gasteiger partial charge >= 0.3 is 5.97 Å². The third kappa shape index (κ3) is 3.97. The van der Waals surface area contributed by atoms with E-state index in [9.17, 15) is 9.59 Å². The van der Waals surface area contributed by atoms with Crippen molar-refractivity contribution in [3.8, 4) is 0 Å². The van der Waals surface area contributed by atoms with E-state index in [1.807, 2.05) is 0 Å². The van der Waals surface area contributed by atoms with Crippen LogP contribution in [0.5, 0.6) is 0 Å². The van der Waals surface area contributed by atoms with E-state index < -0.39 is 5.97 Å². The fourth-order valence-electron chi connectivity index (χ4n) is 2.20. The van der Waals surface area contributed by atoms with E-state index in [2.05, 4.69) is 10.3 Å². The summed E-state index contributed by atoms with van der Waals surface area (Å²) in [6.07, 6.45) is 2.42. The van der Waals surface area contributed by atoms with Gasteiger partial charge in [0.05, 0.1) is 19.3 Å². The van der Waals surface area contributed by atoms with Crippen molar-refractivity contribution >= 4 is 18.2 Å². The number of nitrogens with one attached hydrogen (secondary N) is 2. The zero-order valence-electron chi connectivity index (χ0n) is 11.2. The number of carbonyl (C=O) groups is 1. The van der Waals surface area contributed by atoms with Gasteiger partial charge < -0.3 is 20.3 Å². The molecular weight excluding hydrogens is 298 g/mol. The fraction of sp³-hybridized carbons (Fsp3) is 0.583. The van der Waals surface area contributed by atoms with Crippen molar-refractivity contribution in [3.63, 3.8) is 0 Å². The summed E-state index contributed by atoms with van der Waals surface area (Å²) in [6.45, 7) is -0.171. The second-order valence-electron chi connectivity index (χ2n) is 4.79. The Labute approximate surface area is 125 Å². The van der Waals surface area contributed by atoms with Crippen molar-refractivity contribution in [1.82, 2.24) is 14.9 Å². The SMILES string of the molecule is O=C(O)CNCc1cn(C2CCC(CO)O2)c(=S)[nH]c1=O. The highest BCUT2D eigenvalue weighted by atomic mass is 32.1. The molecule has 0 saturated carbocycles. The highest BCUT2D eigenvalue weighted by molar-refractivity contribution is 7.71. The molecule has 8 nitrogen and oxygen atoms in total. The molecule has 1 aliphatic rings. The molecule has 1 aromatic rings. The van der Waals surface area contributed by atoms with Gasteiger partial charge in [0.2, 0.25) is 0 Å². The zero-order valence-corrected chi connectivity index (χ0v) is 12.1. The molecule has 1 saturated heterocycles. The van der Waals surface area contributed by atoms with Crippen molar-refractivity contribution in [2.24, 2.45) is 0 Å². The lowest BCUT2D eigenvalue weighted by atomic mass is 10.2. The lowest BCUT2D eigenvalue weighted by Crippen LogP contribution is -2.28. The Balaban J connectivity index is 2.16. The van der Waals surface area contributed by atoms with Crippen LogP contribution < -0.4 is 10.9 Å². The number of hydrogen-bond acceptors (Lipinski definition) is 6. The minimum atomic E-state index is -0.996. The summed E-state index contributed by atoms with van der Waals surface area (Å²) in [5.74, 6) is -0.996. The molecule has 116 valence electrons. The number of aliphatic hydroxyl groups is 1. The third-order valence-corrected chi connectivity index (χ3v) is 3.55. The number of aliphatic hydroxyl groups excluding tert-OH is 1. The third-order valence-electron chi connectivity index (χ3n) is 3.23. The molecule has 2 unspecified atom stereocenters. The molecule has 0 aromatic carbocycles. The number of H-pyrrole nitrogens is 1. The van der Waals surface area contributed by atoms with E-state index >= 15 is 0 Å². The van der Waals surface area contributed by atoms with E-state index in [1.54, 1.807) is 10.8 Å². The van der Waals surface area contributed by atoms with Crippen LogP contribution in [-0.4, -0.2) is 45.0 Å². The summed E-state index contributed by atoms with van der Waals surface area (Å²) in [5, 5.41) is 20.3. The smallest absolute Gasteiger partial charge is 0.317 e. The van der Waals surface area contributed by atoms with E-state index in [0.29, 0.717) is 18.4 Å². The molecule has 9 heteroatoms. The van der Waals surface area contributed by atoms with E-state index in [4.69, 9.17) is 27.2 Å². The average molecular weight is 315 g/mol. The van der Waals surface area contributed by atoms with Gasteiger partial charge in [-0.25, -0.2) is 0 Å². The molecule has 0 spiro atoms. The molecule has 2 atom stereocenters. The predicted octanol–water partition coefficient (Wildman–Crippen LogP) is -0.250. The summed E-state index contributed by atoms with van der Waals surface area (Å²) in [4.78, 5) is 24.8. The second kappa shape index (κ2) is 6.94. The molecule has 0 radical (unpaired) electrons. The summed E-state index contributed by atoms with van der Waals surface area (Å²) >= 11 is 5.12. The Hall–Kier alpha value is -1.55. The standard InChI is InChI=1S/C12H17N3O5S/c16-6-8-1-2-9(20-8)15-5-7(3-13-4-10(17)18)11(19)14-12(15)21/h5,8-9,13,16H,1-4,6H2,(H,17,18)(H,14,19,21). The molecule has 0 bridgehead atoms. The maximum absolute atomic E-state index is 11.8. The van der Waals surface area contributed by atoms with Gasteiger partial charge in [-0.1, -0.05) is 0 Å². The van der Waals surface area contributed by atoms with E-state index in [-0.39, 0.29) is 42.4 Å². The molecular formula is C12H17N3O5S. The topological polar surface area (TPSA) is 117 Å². The van der Waals surface area contributed by atoms with Crippen LogP contribution in [0.2, 0.25) is 0 Å². The molecule has 1 aliphatic heterocycles. The van der Waals surface area contributed by atoms with Crippen molar-refractivity contribution < 1.29 is 19.7 Å². The van der Waals surface area contributed by atoms with Gasteiger partial charge in [0.15, 0.2) is 4.77 Å². The first-order valence-electron chi connectivity index (χ1n) is 6.54.